The lowest BCUT2D eigenvalue weighted by molar-refractivity contribution is 0.0946. The molecule has 5 nitrogen and oxygen atoms in total. The first kappa shape index (κ1) is 14.4. The van der Waals surface area contributed by atoms with Crippen molar-refractivity contribution in [2.24, 2.45) is 0 Å². The average molecular weight is 297 g/mol. The van der Waals surface area contributed by atoms with Gasteiger partial charge in [-0.25, -0.2) is 0 Å². The van der Waals surface area contributed by atoms with Gasteiger partial charge in [0.05, 0.1) is 7.11 Å². The number of rotatable bonds is 6. The molecule has 5 heteroatoms. The highest BCUT2D eigenvalue weighted by molar-refractivity contribution is 5.93. The third-order valence-corrected chi connectivity index (χ3v) is 3.55. The van der Waals surface area contributed by atoms with E-state index < -0.39 is 0 Å². The van der Waals surface area contributed by atoms with E-state index in [9.17, 15) is 4.79 Å². The number of carbonyl (C=O) groups is 1. The Morgan fingerprint density at radius 3 is 2.73 bits per heavy atom. The molecule has 1 saturated carbocycles. The van der Waals surface area contributed by atoms with Gasteiger partial charge in [-0.3, -0.25) is 9.78 Å². The first-order valence-electron chi connectivity index (χ1n) is 7.38. The van der Waals surface area contributed by atoms with Crippen molar-refractivity contribution < 1.29 is 9.53 Å². The lowest BCUT2D eigenvalue weighted by Crippen LogP contribution is -2.23. The Morgan fingerprint density at radius 1 is 1.27 bits per heavy atom. The Balaban J connectivity index is 1.58. The lowest BCUT2D eigenvalue weighted by Gasteiger charge is -2.08. The molecule has 0 radical (unpaired) electrons. The first-order chi connectivity index (χ1) is 10.7. The Kier molecular flexibility index (Phi) is 4.23. The van der Waals surface area contributed by atoms with Crippen LogP contribution in [0.25, 0.3) is 0 Å². The quantitative estimate of drug-likeness (QED) is 0.860. The molecule has 0 saturated heterocycles. The summed E-state index contributed by atoms with van der Waals surface area (Å²) in [5, 5.41) is 6.24. The minimum atomic E-state index is -0.171. The van der Waals surface area contributed by atoms with Crippen molar-refractivity contribution in [3.05, 3.63) is 53.9 Å². The summed E-state index contributed by atoms with van der Waals surface area (Å²) in [5.74, 6) is 0.630. The summed E-state index contributed by atoms with van der Waals surface area (Å²) in [6.45, 7) is 0.463. The zero-order valence-electron chi connectivity index (χ0n) is 12.5. The van der Waals surface area contributed by atoms with E-state index in [0.717, 1.165) is 17.0 Å². The van der Waals surface area contributed by atoms with Gasteiger partial charge in [-0.05, 0) is 42.7 Å². The number of anilines is 1. The van der Waals surface area contributed by atoms with Crippen molar-refractivity contribution >= 4 is 11.6 Å². The number of hydrogen-bond donors (Lipinski definition) is 2. The topological polar surface area (TPSA) is 63.2 Å². The van der Waals surface area contributed by atoms with Crippen LogP contribution in [0.5, 0.6) is 5.75 Å². The molecule has 0 unspecified atom stereocenters. The number of carbonyl (C=O) groups excluding carboxylic acids is 1. The molecule has 1 amide bonds. The number of benzene rings is 1. The van der Waals surface area contributed by atoms with Gasteiger partial charge in [0.2, 0.25) is 0 Å². The number of ether oxygens (including phenoxy) is 1. The van der Waals surface area contributed by atoms with Gasteiger partial charge in [-0.2, -0.15) is 0 Å². The van der Waals surface area contributed by atoms with Gasteiger partial charge in [0.25, 0.3) is 5.91 Å². The second-order valence-electron chi connectivity index (χ2n) is 5.38. The molecule has 1 aromatic carbocycles. The van der Waals surface area contributed by atoms with Crippen LogP contribution in [0.15, 0.2) is 42.6 Å². The Morgan fingerprint density at radius 2 is 2.05 bits per heavy atom. The number of nitrogens with zero attached hydrogens (tertiary/aromatic N) is 1. The zero-order valence-corrected chi connectivity index (χ0v) is 12.5. The van der Waals surface area contributed by atoms with E-state index in [4.69, 9.17) is 4.74 Å². The van der Waals surface area contributed by atoms with Gasteiger partial charge in [-0.15, -0.1) is 0 Å². The molecule has 1 aliphatic carbocycles. The summed E-state index contributed by atoms with van der Waals surface area (Å²) in [6.07, 6.45) is 4.05. The fraction of sp³-hybridized carbons (Fsp3) is 0.294. The molecule has 0 atom stereocenters. The van der Waals surface area contributed by atoms with Crippen LogP contribution in [-0.4, -0.2) is 24.0 Å². The van der Waals surface area contributed by atoms with Gasteiger partial charge in [0.15, 0.2) is 0 Å². The van der Waals surface area contributed by atoms with Crippen molar-refractivity contribution in [3.8, 4) is 5.75 Å². The number of amides is 1. The Bertz CT molecular complexity index is 651. The summed E-state index contributed by atoms with van der Waals surface area (Å²) in [5.41, 5.74) is 2.40. The van der Waals surface area contributed by atoms with Crippen LogP contribution in [0.1, 0.15) is 28.9 Å². The van der Waals surface area contributed by atoms with E-state index in [-0.39, 0.29) is 5.91 Å². The van der Waals surface area contributed by atoms with Crippen LogP contribution >= 0.6 is 0 Å². The number of hydrogen-bond acceptors (Lipinski definition) is 4. The second kappa shape index (κ2) is 6.47. The van der Waals surface area contributed by atoms with Crippen molar-refractivity contribution in [2.75, 3.05) is 12.4 Å². The Hall–Kier alpha value is -2.56. The maximum atomic E-state index is 12.2. The van der Waals surface area contributed by atoms with Crippen molar-refractivity contribution in [3.63, 3.8) is 0 Å². The fourth-order valence-corrected chi connectivity index (χ4v) is 2.12. The second-order valence-corrected chi connectivity index (χ2v) is 5.38. The van der Waals surface area contributed by atoms with E-state index in [1.165, 1.54) is 12.8 Å². The molecule has 2 aromatic rings. The minimum absolute atomic E-state index is 0.171. The van der Waals surface area contributed by atoms with Gasteiger partial charge < -0.3 is 15.4 Å². The standard InChI is InChI=1S/C17H19N3O2/c1-22-15-6-2-12(3-7-15)11-19-17(21)16-10-14(8-9-18-16)20-13-4-5-13/h2-3,6-10,13H,4-5,11H2,1H3,(H,18,20)(H,19,21). The van der Waals surface area contributed by atoms with Crippen LogP contribution in [0.2, 0.25) is 0 Å². The number of pyridine rings is 1. The van der Waals surface area contributed by atoms with Crippen molar-refractivity contribution in [2.45, 2.75) is 25.4 Å². The molecule has 1 aliphatic rings. The summed E-state index contributed by atoms with van der Waals surface area (Å²) in [4.78, 5) is 16.3. The highest BCUT2D eigenvalue weighted by Gasteiger charge is 2.21. The highest BCUT2D eigenvalue weighted by Crippen LogP contribution is 2.24. The number of aromatic nitrogens is 1. The van der Waals surface area contributed by atoms with Gasteiger partial charge in [0, 0.05) is 24.5 Å². The number of methoxy groups -OCH3 is 1. The third kappa shape index (κ3) is 3.75. The number of nitrogens with one attached hydrogen (secondary N) is 2. The Labute approximate surface area is 129 Å². The van der Waals surface area contributed by atoms with Gasteiger partial charge in [0.1, 0.15) is 11.4 Å². The summed E-state index contributed by atoms with van der Waals surface area (Å²) in [7, 11) is 1.63. The van der Waals surface area contributed by atoms with Crippen LogP contribution in [0.3, 0.4) is 0 Å². The van der Waals surface area contributed by atoms with E-state index in [1.807, 2.05) is 30.3 Å². The molecule has 3 rings (SSSR count). The van der Waals surface area contributed by atoms with Crippen LogP contribution < -0.4 is 15.4 Å². The molecular weight excluding hydrogens is 278 g/mol. The van der Waals surface area contributed by atoms with Crippen LogP contribution in [0, 0.1) is 0 Å². The van der Waals surface area contributed by atoms with E-state index >= 15 is 0 Å². The molecule has 0 spiro atoms. The van der Waals surface area contributed by atoms with Crippen LogP contribution in [-0.2, 0) is 6.54 Å². The fourth-order valence-electron chi connectivity index (χ4n) is 2.12. The largest absolute Gasteiger partial charge is 0.497 e. The molecule has 1 heterocycles. The predicted molar refractivity (Wildman–Crippen MR) is 85.0 cm³/mol. The van der Waals surface area contributed by atoms with Gasteiger partial charge in [-0.1, -0.05) is 12.1 Å². The third-order valence-electron chi connectivity index (χ3n) is 3.55. The smallest absolute Gasteiger partial charge is 0.270 e. The van der Waals surface area contributed by atoms with Crippen LogP contribution in [0.4, 0.5) is 5.69 Å². The normalized spacial score (nSPS) is 13.5. The molecular formula is C17H19N3O2. The summed E-state index contributed by atoms with van der Waals surface area (Å²) < 4.78 is 5.11. The molecule has 0 bridgehead atoms. The zero-order chi connectivity index (χ0) is 15.4. The summed E-state index contributed by atoms with van der Waals surface area (Å²) >= 11 is 0. The van der Waals surface area contributed by atoms with E-state index in [0.29, 0.717) is 18.3 Å². The maximum Gasteiger partial charge on any atom is 0.270 e. The highest BCUT2D eigenvalue weighted by atomic mass is 16.5. The first-order valence-corrected chi connectivity index (χ1v) is 7.38. The van der Waals surface area contributed by atoms with E-state index in [2.05, 4.69) is 15.6 Å². The maximum absolute atomic E-state index is 12.2. The molecule has 2 N–H and O–H groups in total. The molecule has 22 heavy (non-hydrogen) atoms. The molecule has 1 fully saturated rings. The van der Waals surface area contributed by atoms with Gasteiger partial charge >= 0.3 is 0 Å². The molecule has 0 aliphatic heterocycles. The van der Waals surface area contributed by atoms with Crippen molar-refractivity contribution in [1.82, 2.24) is 10.3 Å². The average Bonchev–Trinajstić information content (AvgIpc) is 3.37. The predicted octanol–water partition coefficient (Wildman–Crippen LogP) is 2.59. The summed E-state index contributed by atoms with van der Waals surface area (Å²) in [6, 6.07) is 11.8. The monoisotopic (exact) mass is 297 g/mol. The molecule has 1 aromatic heterocycles. The SMILES string of the molecule is COc1ccc(CNC(=O)c2cc(NC3CC3)ccn2)cc1. The molecule has 114 valence electrons. The minimum Gasteiger partial charge on any atom is -0.497 e. The van der Waals surface area contributed by atoms with Crippen molar-refractivity contribution in [1.29, 1.82) is 0 Å². The van der Waals surface area contributed by atoms with E-state index in [1.54, 1.807) is 19.4 Å². The lowest BCUT2D eigenvalue weighted by atomic mass is 10.2.